The molecule has 3 aromatic carbocycles. The van der Waals surface area contributed by atoms with Gasteiger partial charge in [0.1, 0.15) is 18.3 Å². The Kier molecular flexibility index (Phi) is 11.0. The van der Waals surface area contributed by atoms with E-state index in [1.165, 1.54) is 23.5 Å². The molecule has 0 heterocycles. The molecule has 1 aliphatic carbocycles. The summed E-state index contributed by atoms with van der Waals surface area (Å²) >= 11 is 0. The number of amides is 2. The van der Waals surface area contributed by atoms with Crippen LogP contribution in [0.25, 0.3) is 0 Å². The van der Waals surface area contributed by atoms with Crippen LogP contribution in [0.4, 0.5) is 5.69 Å². The van der Waals surface area contributed by atoms with Crippen molar-refractivity contribution in [1.82, 2.24) is 10.2 Å². The third-order valence-electron chi connectivity index (χ3n) is 7.65. The Balaban J connectivity index is 1.61. The minimum Gasteiger partial charge on any atom is -0.494 e. The first kappa shape index (κ1) is 31.1. The lowest BCUT2D eigenvalue weighted by Gasteiger charge is -2.33. The monoisotopic (exact) mass is 591 g/mol. The number of nitrogens with zero attached hydrogens (tertiary/aromatic N) is 2. The predicted molar refractivity (Wildman–Crippen MR) is 165 cm³/mol. The molecule has 42 heavy (non-hydrogen) atoms. The molecule has 224 valence electrons. The van der Waals surface area contributed by atoms with Gasteiger partial charge in [0, 0.05) is 12.6 Å². The Bertz CT molecular complexity index is 1390. The molecule has 0 bridgehead atoms. The SMILES string of the molecule is CCOc1ccc(S(=O)(=O)N(CC(=O)N(CCc2ccccc2)[C@@H](C)C(=O)NC2CCCCC2)c2ccccc2)cc1. The fourth-order valence-corrected chi connectivity index (χ4v) is 6.68. The lowest BCUT2D eigenvalue weighted by molar-refractivity contribution is -0.139. The summed E-state index contributed by atoms with van der Waals surface area (Å²) in [6.45, 7) is 3.85. The van der Waals surface area contributed by atoms with Crippen molar-refractivity contribution in [2.75, 3.05) is 24.0 Å². The molecule has 1 fully saturated rings. The standard InChI is InChI=1S/C33H41N3O5S/c1-3-41-30-19-21-31(22-20-30)42(39,40)36(29-17-11-6-12-18-29)25-32(37)35(24-23-27-13-7-4-8-14-27)26(2)33(38)34-28-15-9-5-10-16-28/h4,6-8,11-14,17-22,26,28H,3,5,9-10,15-16,23-25H2,1-2H3,(H,34,38)/t26-/m0/s1. The van der Waals surface area contributed by atoms with Gasteiger partial charge in [-0.15, -0.1) is 0 Å². The first-order chi connectivity index (χ1) is 20.3. The third-order valence-corrected chi connectivity index (χ3v) is 9.44. The Hall–Kier alpha value is -3.85. The number of benzene rings is 3. The van der Waals surface area contributed by atoms with E-state index in [1.54, 1.807) is 49.4 Å². The highest BCUT2D eigenvalue weighted by Gasteiger charge is 2.33. The maximum absolute atomic E-state index is 14.0. The van der Waals surface area contributed by atoms with Gasteiger partial charge >= 0.3 is 0 Å². The molecular formula is C33H41N3O5S. The van der Waals surface area contributed by atoms with Crippen molar-refractivity contribution in [2.24, 2.45) is 0 Å². The molecule has 0 spiro atoms. The van der Waals surface area contributed by atoms with Crippen LogP contribution in [0.15, 0.2) is 89.8 Å². The summed E-state index contributed by atoms with van der Waals surface area (Å²) < 4.78 is 34.5. The highest BCUT2D eigenvalue weighted by molar-refractivity contribution is 7.92. The van der Waals surface area contributed by atoms with Gasteiger partial charge in [-0.25, -0.2) is 8.42 Å². The summed E-state index contributed by atoms with van der Waals surface area (Å²) in [5.74, 6) is -0.108. The number of rotatable bonds is 13. The highest BCUT2D eigenvalue weighted by Crippen LogP contribution is 2.26. The van der Waals surface area contributed by atoms with Crippen molar-refractivity contribution in [3.05, 3.63) is 90.5 Å². The third kappa shape index (κ3) is 8.12. The van der Waals surface area contributed by atoms with Crippen molar-refractivity contribution >= 4 is 27.5 Å². The van der Waals surface area contributed by atoms with Gasteiger partial charge < -0.3 is 15.0 Å². The second kappa shape index (κ2) is 14.9. The molecule has 1 saturated carbocycles. The van der Waals surface area contributed by atoms with E-state index in [2.05, 4.69) is 5.32 Å². The van der Waals surface area contributed by atoms with Crippen LogP contribution in [0, 0.1) is 0 Å². The Morgan fingerprint density at radius 1 is 0.905 bits per heavy atom. The predicted octanol–water partition coefficient (Wildman–Crippen LogP) is 5.19. The summed E-state index contributed by atoms with van der Waals surface area (Å²) in [6, 6.07) is 23.8. The normalized spacial score (nSPS) is 14.5. The van der Waals surface area contributed by atoms with Gasteiger partial charge in [-0.05, 0) is 75.1 Å². The van der Waals surface area contributed by atoms with E-state index in [0.29, 0.717) is 24.5 Å². The first-order valence-corrected chi connectivity index (χ1v) is 16.2. The number of anilines is 1. The van der Waals surface area contributed by atoms with E-state index >= 15 is 0 Å². The second-order valence-electron chi connectivity index (χ2n) is 10.6. The molecule has 1 atom stereocenters. The fraction of sp³-hybridized carbons (Fsp3) is 0.394. The second-order valence-corrected chi connectivity index (χ2v) is 12.5. The van der Waals surface area contributed by atoms with Crippen LogP contribution in [-0.4, -0.2) is 56.9 Å². The molecule has 0 aliphatic heterocycles. The van der Waals surface area contributed by atoms with Gasteiger partial charge in [0.25, 0.3) is 10.0 Å². The van der Waals surface area contributed by atoms with E-state index in [0.717, 1.165) is 35.6 Å². The average Bonchev–Trinajstić information content (AvgIpc) is 3.01. The van der Waals surface area contributed by atoms with Crippen LogP contribution >= 0.6 is 0 Å². The molecule has 0 aromatic heterocycles. The zero-order chi connectivity index (χ0) is 30.0. The number of hydrogen-bond acceptors (Lipinski definition) is 5. The minimum absolute atomic E-state index is 0.0431. The zero-order valence-electron chi connectivity index (χ0n) is 24.4. The summed E-state index contributed by atoms with van der Waals surface area (Å²) in [6.07, 6.45) is 5.71. The van der Waals surface area contributed by atoms with Crippen molar-refractivity contribution in [1.29, 1.82) is 0 Å². The zero-order valence-corrected chi connectivity index (χ0v) is 25.3. The number of carbonyl (C=O) groups excluding carboxylic acids is 2. The number of carbonyl (C=O) groups is 2. The number of nitrogens with one attached hydrogen (secondary N) is 1. The van der Waals surface area contributed by atoms with Crippen LogP contribution in [0.2, 0.25) is 0 Å². The Labute approximate surface area is 249 Å². The molecule has 3 aromatic rings. The number of ether oxygens (including phenoxy) is 1. The maximum atomic E-state index is 14.0. The molecule has 1 N–H and O–H groups in total. The van der Waals surface area contributed by atoms with E-state index < -0.39 is 28.5 Å². The van der Waals surface area contributed by atoms with Gasteiger partial charge in [-0.3, -0.25) is 13.9 Å². The first-order valence-electron chi connectivity index (χ1n) is 14.7. The number of para-hydroxylation sites is 1. The van der Waals surface area contributed by atoms with E-state index in [1.807, 2.05) is 37.3 Å². The molecule has 0 saturated heterocycles. The minimum atomic E-state index is -4.12. The van der Waals surface area contributed by atoms with E-state index in [-0.39, 0.29) is 23.4 Å². The average molecular weight is 592 g/mol. The summed E-state index contributed by atoms with van der Waals surface area (Å²) in [5, 5.41) is 3.13. The van der Waals surface area contributed by atoms with Crippen LogP contribution in [-0.2, 0) is 26.0 Å². The fourth-order valence-electron chi connectivity index (χ4n) is 5.26. The van der Waals surface area contributed by atoms with Crippen LogP contribution in [0.5, 0.6) is 5.75 Å². The van der Waals surface area contributed by atoms with Gasteiger partial charge in [-0.1, -0.05) is 67.8 Å². The van der Waals surface area contributed by atoms with Crippen molar-refractivity contribution < 1.29 is 22.7 Å². The molecule has 4 rings (SSSR count). The quantitative estimate of drug-likeness (QED) is 0.295. The molecule has 0 unspecified atom stereocenters. The van der Waals surface area contributed by atoms with Gasteiger partial charge in [0.2, 0.25) is 11.8 Å². The van der Waals surface area contributed by atoms with E-state index in [9.17, 15) is 18.0 Å². The Morgan fingerprint density at radius 3 is 2.14 bits per heavy atom. The smallest absolute Gasteiger partial charge is 0.264 e. The van der Waals surface area contributed by atoms with Crippen molar-refractivity contribution in [3.8, 4) is 5.75 Å². The van der Waals surface area contributed by atoms with Crippen molar-refractivity contribution in [3.63, 3.8) is 0 Å². The van der Waals surface area contributed by atoms with Crippen LogP contribution < -0.4 is 14.4 Å². The van der Waals surface area contributed by atoms with Crippen LogP contribution in [0.3, 0.4) is 0 Å². The molecule has 9 heteroatoms. The van der Waals surface area contributed by atoms with Gasteiger partial charge in [-0.2, -0.15) is 0 Å². The topological polar surface area (TPSA) is 96.0 Å². The summed E-state index contributed by atoms with van der Waals surface area (Å²) in [5.41, 5.74) is 1.39. The molecule has 0 radical (unpaired) electrons. The van der Waals surface area contributed by atoms with Gasteiger partial charge in [0.15, 0.2) is 0 Å². The molecule has 2 amide bonds. The molecular weight excluding hydrogens is 550 g/mol. The van der Waals surface area contributed by atoms with Gasteiger partial charge in [0.05, 0.1) is 17.2 Å². The lowest BCUT2D eigenvalue weighted by Crippen LogP contribution is -2.53. The highest BCUT2D eigenvalue weighted by atomic mass is 32.2. The molecule has 8 nitrogen and oxygen atoms in total. The maximum Gasteiger partial charge on any atom is 0.264 e. The van der Waals surface area contributed by atoms with Crippen molar-refractivity contribution in [2.45, 2.75) is 69.4 Å². The summed E-state index contributed by atoms with van der Waals surface area (Å²) in [7, 11) is -4.12. The lowest BCUT2D eigenvalue weighted by atomic mass is 9.95. The van der Waals surface area contributed by atoms with E-state index in [4.69, 9.17) is 4.74 Å². The molecule has 1 aliphatic rings. The number of hydrogen-bond donors (Lipinski definition) is 1. The largest absolute Gasteiger partial charge is 0.494 e. The van der Waals surface area contributed by atoms with Crippen LogP contribution in [0.1, 0.15) is 51.5 Å². The Morgan fingerprint density at radius 2 is 1.52 bits per heavy atom. The number of sulfonamides is 1. The summed E-state index contributed by atoms with van der Waals surface area (Å²) in [4.78, 5) is 29.0.